The van der Waals surface area contributed by atoms with E-state index in [1.54, 1.807) is 12.1 Å². The van der Waals surface area contributed by atoms with Crippen LogP contribution in [-0.2, 0) is 0 Å². The van der Waals surface area contributed by atoms with E-state index in [0.29, 0.717) is 11.6 Å². The van der Waals surface area contributed by atoms with Gasteiger partial charge < -0.3 is 5.21 Å². The molecule has 0 spiro atoms. The van der Waals surface area contributed by atoms with Gasteiger partial charge in [0.25, 0.3) is 5.69 Å². The molecule has 1 saturated carbocycles. The van der Waals surface area contributed by atoms with Gasteiger partial charge in [0.05, 0.1) is 10.6 Å². The Balaban J connectivity index is 2.08. The Morgan fingerprint density at radius 3 is 2.67 bits per heavy atom. The minimum atomic E-state index is -0.385. The lowest BCUT2D eigenvalue weighted by Gasteiger charge is -2.14. The predicted molar refractivity (Wildman–Crippen MR) is 80.4 cm³/mol. The second kappa shape index (κ2) is 5.68. The summed E-state index contributed by atoms with van der Waals surface area (Å²) < 4.78 is 0. The van der Waals surface area contributed by atoms with Gasteiger partial charge in [-0.15, -0.1) is 0 Å². The van der Waals surface area contributed by atoms with Crippen molar-refractivity contribution in [3.63, 3.8) is 0 Å². The van der Waals surface area contributed by atoms with Crippen molar-refractivity contribution in [1.82, 2.24) is 0 Å². The normalized spacial score (nSPS) is 21.4. The molecule has 0 radical (unpaired) electrons. The van der Waals surface area contributed by atoms with Gasteiger partial charge in [0.1, 0.15) is 0 Å². The van der Waals surface area contributed by atoms with Crippen LogP contribution >= 0.6 is 0 Å². The van der Waals surface area contributed by atoms with Crippen molar-refractivity contribution in [2.24, 2.45) is 11.1 Å². The average molecular weight is 286 g/mol. The van der Waals surface area contributed by atoms with Crippen molar-refractivity contribution in [1.29, 1.82) is 0 Å². The van der Waals surface area contributed by atoms with E-state index in [-0.39, 0.29) is 10.6 Å². The molecular weight excluding hydrogens is 268 g/mol. The second-order valence-electron chi connectivity index (χ2n) is 5.74. The highest BCUT2D eigenvalue weighted by Gasteiger charge is 2.30. The minimum Gasteiger partial charge on any atom is -0.411 e. The van der Waals surface area contributed by atoms with Crippen LogP contribution in [0.15, 0.2) is 35.0 Å². The van der Waals surface area contributed by atoms with E-state index in [1.165, 1.54) is 37.3 Å². The SMILES string of the molecule is O=[N+]([O-])c1cccc(C2=C(C3CCCC3)CC/C2=N/O)c1. The van der Waals surface area contributed by atoms with E-state index >= 15 is 0 Å². The van der Waals surface area contributed by atoms with E-state index in [0.717, 1.165) is 24.0 Å². The Hall–Kier alpha value is -2.17. The summed E-state index contributed by atoms with van der Waals surface area (Å²) in [5, 5.41) is 23.7. The van der Waals surface area contributed by atoms with E-state index < -0.39 is 0 Å². The van der Waals surface area contributed by atoms with Crippen LogP contribution in [0.2, 0.25) is 0 Å². The maximum atomic E-state index is 11.0. The molecule has 2 aliphatic carbocycles. The third kappa shape index (κ3) is 2.55. The maximum absolute atomic E-state index is 11.0. The van der Waals surface area contributed by atoms with Crippen LogP contribution in [0.4, 0.5) is 5.69 Å². The van der Waals surface area contributed by atoms with Gasteiger partial charge in [-0.3, -0.25) is 10.1 Å². The quantitative estimate of drug-likeness (QED) is 0.515. The predicted octanol–water partition coefficient (Wildman–Crippen LogP) is 4.16. The molecule has 0 aromatic heterocycles. The summed E-state index contributed by atoms with van der Waals surface area (Å²) in [5.41, 5.74) is 3.80. The molecule has 0 atom stereocenters. The number of nitrogens with zero attached hydrogens (tertiary/aromatic N) is 2. The van der Waals surface area contributed by atoms with E-state index in [9.17, 15) is 15.3 Å². The fourth-order valence-corrected chi connectivity index (χ4v) is 3.60. The average Bonchev–Trinajstić information content (AvgIpc) is 3.15. The van der Waals surface area contributed by atoms with Gasteiger partial charge in [0, 0.05) is 17.7 Å². The summed E-state index contributed by atoms with van der Waals surface area (Å²) >= 11 is 0. The standard InChI is InChI=1S/C16H18N2O3/c19-17-15-9-8-14(11-4-1-2-5-11)16(15)12-6-3-7-13(10-12)18(20)21/h3,6-7,10-11,19H,1-2,4-5,8-9H2/b17-15-. The third-order valence-corrected chi connectivity index (χ3v) is 4.56. The monoisotopic (exact) mass is 286 g/mol. The van der Waals surface area contributed by atoms with Crippen LogP contribution in [0.3, 0.4) is 0 Å². The summed E-state index contributed by atoms with van der Waals surface area (Å²) in [5.74, 6) is 0.540. The smallest absolute Gasteiger partial charge is 0.270 e. The second-order valence-corrected chi connectivity index (χ2v) is 5.74. The molecule has 0 heterocycles. The molecule has 3 rings (SSSR count). The minimum absolute atomic E-state index is 0.0787. The zero-order chi connectivity index (χ0) is 14.8. The van der Waals surface area contributed by atoms with Crippen molar-refractivity contribution in [2.45, 2.75) is 38.5 Å². The number of nitro groups is 1. The fourth-order valence-electron chi connectivity index (χ4n) is 3.60. The largest absolute Gasteiger partial charge is 0.411 e. The Morgan fingerprint density at radius 2 is 2.00 bits per heavy atom. The summed E-state index contributed by atoms with van der Waals surface area (Å²) in [6.07, 6.45) is 6.45. The van der Waals surface area contributed by atoms with Crippen molar-refractivity contribution in [2.75, 3.05) is 0 Å². The van der Waals surface area contributed by atoms with Crippen molar-refractivity contribution in [3.8, 4) is 0 Å². The van der Waals surface area contributed by atoms with Gasteiger partial charge in [0.2, 0.25) is 0 Å². The number of hydrogen-bond donors (Lipinski definition) is 1. The summed E-state index contributed by atoms with van der Waals surface area (Å²) in [4.78, 5) is 10.6. The van der Waals surface area contributed by atoms with Gasteiger partial charge in [-0.05, 0) is 37.2 Å². The van der Waals surface area contributed by atoms with Gasteiger partial charge in [0.15, 0.2) is 0 Å². The molecule has 2 aliphatic rings. The molecule has 21 heavy (non-hydrogen) atoms. The van der Waals surface area contributed by atoms with Gasteiger partial charge in [-0.25, -0.2) is 0 Å². The first-order valence-electron chi connectivity index (χ1n) is 7.40. The molecular formula is C16H18N2O3. The highest BCUT2D eigenvalue weighted by atomic mass is 16.6. The Kier molecular flexibility index (Phi) is 3.73. The molecule has 110 valence electrons. The maximum Gasteiger partial charge on any atom is 0.270 e. The van der Waals surface area contributed by atoms with Gasteiger partial charge >= 0.3 is 0 Å². The first kappa shape index (κ1) is 13.8. The number of non-ortho nitro benzene ring substituents is 1. The lowest BCUT2D eigenvalue weighted by molar-refractivity contribution is -0.384. The molecule has 1 aromatic rings. The molecule has 1 N–H and O–H groups in total. The van der Waals surface area contributed by atoms with Crippen LogP contribution in [0, 0.1) is 16.0 Å². The zero-order valence-electron chi connectivity index (χ0n) is 11.8. The first-order valence-corrected chi connectivity index (χ1v) is 7.40. The van der Waals surface area contributed by atoms with Gasteiger partial charge in [-0.2, -0.15) is 0 Å². The molecule has 0 amide bonds. The molecule has 5 heteroatoms. The Labute approximate surface area is 123 Å². The summed E-state index contributed by atoms with van der Waals surface area (Å²) in [6, 6.07) is 6.64. The van der Waals surface area contributed by atoms with Crippen LogP contribution < -0.4 is 0 Å². The molecule has 1 fully saturated rings. The first-order chi connectivity index (χ1) is 10.2. The van der Waals surface area contributed by atoms with Crippen LogP contribution in [-0.4, -0.2) is 15.8 Å². The van der Waals surface area contributed by atoms with Crippen molar-refractivity contribution in [3.05, 3.63) is 45.5 Å². The lowest BCUT2D eigenvalue weighted by Crippen LogP contribution is -2.02. The highest BCUT2D eigenvalue weighted by Crippen LogP contribution is 2.42. The molecule has 0 saturated heterocycles. The summed E-state index contributed by atoms with van der Waals surface area (Å²) in [6.45, 7) is 0. The number of oxime groups is 1. The Bertz CT molecular complexity index is 628. The molecule has 0 unspecified atom stereocenters. The zero-order valence-corrected chi connectivity index (χ0v) is 11.8. The van der Waals surface area contributed by atoms with E-state index in [1.807, 2.05) is 6.07 Å². The van der Waals surface area contributed by atoms with Crippen molar-refractivity contribution < 1.29 is 10.1 Å². The molecule has 5 nitrogen and oxygen atoms in total. The topological polar surface area (TPSA) is 75.7 Å². The number of nitro benzene ring substituents is 1. The number of rotatable bonds is 3. The van der Waals surface area contributed by atoms with Crippen LogP contribution in [0.25, 0.3) is 5.57 Å². The number of allylic oxidation sites excluding steroid dienone is 2. The summed E-state index contributed by atoms with van der Waals surface area (Å²) in [7, 11) is 0. The molecule has 0 aliphatic heterocycles. The van der Waals surface area contributed by atoms with Crippen LogP contribution in [0.1, 0.15) is 44.1 Å². The fraction of sp³-hybridized carbons (Fsp3) is 0.438. The third-order valence-electron chi connectivity index (χ3n) is 4.56. The lowest BCUT2D eigenvalue weighted by atomic mass is 9.91. The Morgan fingerprint density at radius 1 is 1.24 bits per heavy atom. The van der Waals surface area contributed by atoms with Crippen LogP contribution in [0.5, 0.6) is 0 Å². The van der Waals surface area contributed by atoms with Gasteiger partial charge in [-0.1, -0.05) is 35.7 Å². The van der Waals surface area contributed by atoms with E-state index in [4.69, 9.17) is 0 Å². The number of hydrogen-bond acceptors (Lipinski definition) is 4. The number of benzene rings is 1. The van der Waals surface area contributed by atoms with E-state index in [2.05, 4.69) is 5.16 Å². The molecule has 0 bridgehead atoms. The highest BCUT2D eigenvalue weighted by molar-refractivity contribution is 6.26. The van der Waals surface area contributed by atoms with Crippen molar-refractivity contribution >= 4 is 17.0 Å². The molecule has 1 aromatic carbocycles.